The highest BCUT2D eigenvalue weighted by molar-refractivity contribution is 5.69. The molecule has 0 aliphatic heterocycles. The first-order valence-electron chi connectivity index (χ1n) is 15.0. The molecular weight excluding hydrogens is 432 g/mol. The van der Waals surface area contributed by atoms with Crippen LogP contribution in [0.1, 0.15) is 154 Å². The van der Waals surface area contributed by atoms with E-state index in [-0.39, 0.29) is 5.97 Å². The van der Waals surface area contributed by atoms with Crippen LogP contribution >= 0.6 is 0 Å². The Kier molecular flexibility index (Phi) is 19.6. The lowest BCUT2D eigenvalue weighted by Crippen LogP contribution is -2.13. The topological polar surface area (TPSA) is 46.5 Å². The van der Waals surface area contributed by atoms with E-state index >= 15 is 0 Å². The van der Waals surface area contributed by atoms with Crippen LogP contribution in [0.15, 0.2) is 24.3 Å². The van der Waals surface area contributed by atoms with E-state index in [1.807, 2.05) is 12.1 Å². The summed E-state index contributed by atoms with van der Waals surface area (Å²) in [6, 6.07) is 7.78. The van der Waals surface area contributed by atoms with Gasteiger partial charge in [-0.2, -0.15) is 0 Å². The van der Waals surface area contributed by atoms with E-state index in [9.17, 15) is 9.90 Å². The Bertz CT molecular complexity index is 627. The normalized spacial score (nSPS) is 13.0. The molecule has 1 aromatic carbocycles. The molecule has 202 valence electrons. The monoisotopic (exact) mass is 488 g/mol. The zero-order valence-electron chi connectivity index (χ0n) is 23.4. The molecule has 0 saturated carbocycles. The molecule has 0 radical (unpaired) electrons. The summed E-state index contributed by atoms with van der Waals surface area (Å²) >= 11 is 0. The third kappa shape index (κ3) is 16.7. The highest BCUT2D eigenvalue weighted by atomic mass is 16.5. The van der Waals surface area contributed by atoms with Gasteiger partial charge in [0.25, 0.3) is 0 Å². The van der Waals surface area contributed by atoms with Crippen molar-refractivity contribution in [3.8, 4) is 5.75 Å². The van der Waals surface area contributed by atoms with E-state index in [0.29, 0.717) is 30.6 Å². The van der Waals surface area contributed by atoms with Crippen LogP contribution in [0.4, 0.5) is 0 Å². The average Bonchev–Trinajstić information content (AvgIpc) is 2.86. The van der Waals surface area contributed by atoms with Crippen LogP contribution < -0.4 is 0 Å². The summed E-state index contributed by atoms with van der Waals surface area (Å²) in [4.78, 5) is 12.2. The van der Waals surface area contributed by atoms with Gasteiger partial charge in [0.1, 0.15) is 5.75 Å². The standard InChI is InChI=1S/C32H56O3/c1-4-7-9-10-11-12-13-14-15-16-21-29(30-23-19-24-31(33)26-30)22-17-18-25-32(34)35-27-28(6-3)20-8-5-2/h19,23-24,26,28-29,33H,4-18,20-22,25,27H2,1-3H3. The predicted molar refractivity (Wildman–Crippen MR) is 150 cm³/mol. The molecule has 0 saturated heterocycles. The van der Waals surface area contributed by atoms with E-state index < -0.39 is 0 Å². The molecule has 0 aliphatic rings. The average molecular weight is 489 g/mol. The molecule has 1 N–H and O–H groups in total. The number of ether oxygens (including phenoxy) is 1. The molecule has 0 aliphatic carbocycles. The number of esters is 1. The zero-order chi connectivity index (χ0) is 25.6. The van der Waals surface area contributed by atoms with E-state index in [2.05, 4.69) is 26.8 Å². The molecule has 0 bridgehead atoms. The Morgan fingerprint density at radius 1 is 0.771 bits per heavy atom. The number of rotatable bonds is 23. The highest BCUT2D eigenvalue weighted by Crippen LogP contribution is 2.30. The number of carbonyl (C=O) groups excluding carboxylic acids is 1. The van der Waals surface area contributed by atoms with Gasteiger partial charge in [0.2, 0.25) is 0 Å². The Morgan fingerprint density at radius 3 is 1.97 bits per heavy atom. The van der Waals surface area contributed by atoms with E-state index in [1.54, 1.807) is 6.07 Å². The third-order valence-corrected chi connectivity index (χ3v) is 7.45. The molecule has 0 aromatic heterocycles. The molecule has 2 atom stereocenters. The minimum Gasteiger partial charge on any atom is -0.508 e. The molecule has 35 heavy (non-hydrogen) atoms. The van der Waals surface area contributed by atoms with E-state index in [1.165, 1.54) is 89.0 Å². The van der Waals surface area contributed by atoms with Gasteiger partial charge in [0.15, 0.2) is 0 Å². The minimum atomic E-state index is -0.0384. The van der Waals surface area contributed by atoms with Crippen LogP contribution in [0.2, 0.25) is 0 Å². The second kappa shape index (κ2) is 21.7. The maximum atomic E-state index is 12.2. The molecular formula is C32H56O3. The number of phenolic OH excluding ortho intramolecular Hbond substituents is 1. The number of carbonyl (C=O) groups is 1. The number of hydrogen-bond acceptors (Lipinski definition) is 3. The van der Waals surface area contributed by atoms with Gasteiger partial charge in [-0.1, -0.05) is 123 Å². The molecule has 0 amide bonds. The van der Waals surface area contributed by atoms with Gasteiger partial charge in [-0.05, 0) is 55.2 Å². The molecule has 0 fully saturated rings. The van der Waals surface area contributed by atoms with Gasteiger partial charge in [0, 0.05) is 6.42 Å². The van der Waals surface area contributed by atoms with Crippen LogP contribution in [0.3, 0.4) is 0 Å². The van der Waals surface area contributed by atoms with Crippen molar-refractivity contribution in [2.24, 2.45) is 5.92 Å². The van der Waals surface area contributed by atoms with Gasteiger partial charge in [-0.15, -0.1) is 0 Å². The van der Waals surface area contributed by atoms with Crippen molar-refractivity contribution in [2.75, 3.05) is 6.61 Å². The van der Waals surface area contributed by atoms with Crippen molar-refractivity contribution >= 4 is 5.97 Å². The van der Waals surface area contributed by atoms with Gasteiger partial charge in [-0.3, -0.25) is 4.79 Å². The van der Waals surface area contributed by atoms with Crippen molar-refractivity contribution in [1.82, 2.24) is 0 Å². The Balaban J connectivity index is 2.30. The summed E-state index contributed by atoms with van der Waals surface area (Å²) in [6.07, 6.45) is 22.9. The lowest BCUT2D eigenvalue weighted by molar-refractivity contribution is -0.145. The van der Waals surface area contributed by atoms with Crippen molar-refractivity contribution in [3.05, 3.63) is 29.8 Å². The number of hydrogen-bond donors (Lipinski definition) is 1. The molecule has 0 spiro atoms. The second-order valence-electron chi connectivity index (χ2n) is 10.6. The third-order valence-electron chi connectivity index (χ3n) is 7.45. The van der Waals surface area contributed by atoms with Crippen LogP contribution in [-0.4, -0.2) is 17.7 Å². The number of phenols is 1. The molecule has 2 unspecified atom stereocenters. The molecule has 0 heterocycles. The maximum absolute atomic E-state index is 12.2. The van der Waals surface area contributed by atoms with Crippen molar-refractivity contribution < 1.29 is 14.6 Å². The van der Waals surface area contributed by atoms with Crippen molar-refractivity contribution in [3.63, 3.8) is 0 Å². The molecule has 1 rings (SSSR count). The van der Waals surface area contributed by atoms with Crippen LogP contribution in [-0.2, 0) is 9.53 Å². The Labute approximate surface area is 217 Å². The largest absolute Gasteiger partial charge is 0.508 e. The summed E-state index contributed by atoms with van der Waals surface area (Å²) in [7, 11) is 0. The number of benzene rings is 1. The van der Waals surface area contributed by atoms with E-state index in [0.717, 1.165) is 32.1 Å². The first kappa shape index (κ1) is 31.5. The fourth-order valence-corrected chi connectivity index (χ4v) is 4.98. The summed E-state index contributed by atoms with van der Waals surface area (Å²) in [5.74, 6) is 1.29. The van der Waals surface area contributed by atoms with Crippen LogP contribution in [0.25, 0.3) is 0 Å². The zero-order valence-corrected chi connectivity index (χ0v) is 23.4. The predicted octanol–water partition coefficient (Wildman–Crippen LogP) is 10.1. The molecule has 3 nitrogen and oxygen atoms in total. The Hall–Kier alpha value is -1.51. The Morgan fingerprint density at radius 2 is 1.37 bits per heavy atom. The van der Waals surface area contributed by atoms with Crippen molar-refractivity contribution in [1.29, 1.82) is 0 Å². The number of unbranched alkanes of at least 4 members (excludes halogenated alkanes) is 11. The molecule has 1 aromatic rings. The smallest absolute Gasteiger partial charge is 0.305 e. The fourth-order valence-electron chi connectivity index (χ4n) is 4.98. The summed E-state index contributed by atoms with van der Waals surface area (Å²) < 4.78 is 5.57. The number of aromatic hydroxyl groups is 1. The van der Waals surface area contributed by atoms with Crippen LogP contribution in [0, 0.1) is 5.92 Å². The minimum absolute atomic E-state index is 0.0384. The lowest BCUT2D eigenvalue weighted by Gasteiger charge is -2.18. The fraction of sp³-hybridized carbons (Fsp3) is 0.781. The van der Waals surface area contributed by atoms with E-state index in [4.69, 9.17) is 4.74 Å². The first-order valence-corrected chi connectivity index (χ1v) is 15.0. The van der Waals surface area contributed by atoms with Gasteiger partial charge in [0.05, 0.1) is 6.61 Å². The second-order valence-corrected chi connectivity index (χ2v) is 10.6. The van der Waals surface area contributed by atoms with Gasteiger partial charge < -0.3 is 9.84 Å². The van der Waals surface area contributed by atoms with Crippen LogP contribution in [0.5, 0.6) is 5.75 Å². The highest BCUT2D eigenvalue weighted by Gasteiger charge is 2.14. The summed E-state index contributed by atoms with van der Waals surface area (Å²) in [5, 5.41) is 9.97. The quantitative estimate of drug-likeness (QED) is 0.123. The van der Waals surface area contributed by atoms with Crippen molar-refractivity contribution in [2.45, 2.75) is 149 Å². The first-order chi connectivity index (χ1) is 17.1. The SMILES string of the molecule is CCCCCCCCCCCCC(CCCCC(=O)OCC(CC)CCCC)c1cccc(O)c1. The van der Waals surface area contributed by atoms with Gasteiger partial charge >= 0.3 is 5.97 Å². The lowest BCUT2D eigenvalue weighted by atomic mass is 9.88. The maximum Gasteiger partial charge on any atom is 0.305 e. The molecule has 3 heteroatoms. The van der Waals surface area contributed by atoms with Gasteiger partial charge in [-0.25, -0.2) is 0 Å². The summed E-state index contributed by atoms with van der Waals surface area (Å²) in [6.45, 7) is 7.25. The summed E-state index contributed by atoms with van der Waals surface area (Å²) in [5.41, 5.74) is 1.24.